The average molecular weight is 241 g/mol. The second-order valence-corrected chi connectivity index (χ2v) is 3.28. The number of hydrogen-bond donors (Lipinski definition) is 3. The SMILES string of the molecule is CNc1ncnc(NCCCCO)c1[N+](=O)[O-]. The molecule has 1 rings (SSSR count). The maximum absolute atomic E-state index is 10.9. The summed E-state index contributed by atoms with van der Waals surface area (Å²) in [7, 11) is 1.56. The van der Waals surface area contributed by atoms with Crippen molar-refractivity contribution in [1.82, 2.24) is 9.97 Å². The number of nitrogens with zero attached hydrogens (tertiary/aromatic N) is 3. The molecule has 0 radical (unpaired) electrons. The molecule has 8 nitrogen and oxygen atoms in total. The van der Waals surface area contributed by atoms with E-state index in [1.54, 1.807) is 7.05 Å². The van der Waals surface area contributed by atoms with Crippen LogP contribution in [-0.4, -0.2) is 40.2 Å². The van der Waals surface area contributed by atoms with Crippen LogP contribution in [0.15, 0.2) is 6.33 Å². The fraction of sp³-hybridized carbons (Fsp3) is 0.556. The predicted molar refractivity (Wildman–Crippen MR) is 63.0 cm³/mol. The second kappa shape index (κ2) is 6.59. The minimum absolute atomic E-state index is 0.106. The van der Waals surface area contributed by atoms with Gasteiger partial charge < -0.3 is 15.7 Å². The van der Waals surface area contributed by atoms with Gasteiger partial charge in [0.2, 0.25) is 11.6 Å². The van der Waals surface area contributed by atoms with E-state index in [0.717, 1.165) is 0 Å². The molecule has 0 saturated heterocycles. The lowest BCUT2D eigenvalue weighted by Crippen LogP contribution is -2.09. The first kappa shape index (κ1) is 13.1. The summed E-state index contributed by atoms with van der Waals surface area (Å²) < 4.78 is 0. The summed E-state index contributed by atoms with van der Waals surface area (Å²) in [6, 6.07) is 0. The van der Waals surface area contributed by atoms with Crippen molar-refractivity contribution < 1.29 is 10.0 Å². The molecule has 1 aromatic heterocycles. The third kappa shape index (κ3) is 3.52. The molecule has 0 atom stereocenters. The van der Waals surface area contributed by atoms with Gasteiger partial charge in [0.1, 0.15) is 6.33 Å². The van der Waals surface area contributed by atoms with Crippen molar-refractivity contribution in [2.45, 2.75) is 12.8 Å². The Hall–Kier alpha value is -1.96. The normalized spacial score (nSPS) is 10.0. The highest BCUT2D eigenvalue weighted by atomic mass is 16.6. The Labute approximate surface area is 98.2 Å². The van der Waals surface area contributed by atoms with Crippen LogP contribution in [0, 0.1) is 10.1 Å². The van der Waals surface area contributed by atoms with Gasteiger partial charge in [-0.05, 0) is 12.8 Å². The fourth-order valence-electron chi connectivity index (χ4n) is 1.31. The molecule has 3 N–H and O–H groups in total. The van der Waals surface area contributed by atoms with Gasteiger partial charge in [0.15, 0.2) is 0 Å². The van der Waals surface area contributed by atoms with Gasteiger partial charge in [0.25, 0.3) is 0 Å². The number of nitrogens with one attached hydrogen (secondary N) is 2. The predicted octanol–water partition coefficient (Wildman–Crippen LogP) is 0.611. The lowest BCUT2D eigenvalue weighted by Gasteiger charge is -2.07. The molecule has 0 aromatic carbocycles. The molecule has 0 amide bonds. The highest BCUT2D eigenvalue weighted by Crippen LogP contribution is 2.28. The summed E-state index contributed by atoms with van der Waals surface area (Å²) >= 11 is 0. The topological polar surface area (TPSA) is 113 Å². The standard InChI is InChI=1S/C9H15N5O3/c1-10-8-7(14(16)17)9(13-6-12-8)11-4-2-3-5-15/h6,15H,2-5H2,1H3,(H2,10,11,12,13). The van der Waals surface area contributed by atoms with Gasteiger partial charge in [-0.25, -0.2) is 9.97 Å². The Balaban J connectivity index is 2.79. The van der Waals surface area contributed by atoms with Crippen molar-refractivity contribution in [2.75, 3.05) is 30.8 Å². The van der Waals surface area contributed by atoms with Gasteiger partial charge in [-0.1, -0.05) is 0 Å². The average Bonchev–Trinajstić information content (AvgIpc) is 2.33. The lowest BCUT2D eigenvalue weighted by molar-refractivity contribution is -0.383. The zero-order valence-corrected chi connectivity index (χ0v) is 9.51. The zero-order chi connectivity index (χ0) is 12.7. The Bertz CT molecular complexity index is 385. The molecule has 94 valence electrons. The first-order chi connectivity index (χ1) is 8.20. The molecule has 0 unspecified atom stereocenters. The van der Waals surface area contributed by atoms with E-state index in [9.17, 15) is 10.1 Å². The minimum Gasteiger partial charge on any atom is -0.396 e. The number of aromatic nitrogens is 2. The third-order valence-electron chi connectivity index (χ3n) is 2.12. The van der Waals surface area contributed by atoms with Crippen LogP contribution in [0.4, 0.5) is 17.3 Å². The molecule has 1 aromatic rings. The van der Waals surface area contributed by atoms with Crippen molar-refractivity contribution in [1.29, 1.82) is 0 Å². The number of rotatable bonds is 7. The molecule has 17 heavy (non-hydrogen) atoms. The Morgan fingerprint density at radius 2 is 2.12 bits per heavy atom. The number of hydrogen-bond acceptors (Lipinski definition) is 7. The van der Waals surface area contributed by atoms with Crippen LogP contribution in [-0.2, 0) is 0 Å². The molecule has 0 aliphatic heterocycles. The molecule has 0 spiro atoms. The van der Waals surface area contributed by atoms with Gasteiger partial charge in [-0.15, -0.1) is 0 Å². The van der Waals surface area contributed by atoms with E-state index < -0.39 is 4.92 Å². The molecule has 0 aliphatic carbocycles. The zero-order valence-electron chi connectivity index (χ0n) is 9.51. The maximum atomic E-state index is 10.9. The van der Waals surface area contributed by atoms with E-state index in [1.165, 1.54) is 6.33 Å². The van der Waals surface area contributed by atoms with Crippen LogP contribution in [0.1, 0.15) is 12.8 Å². The largest absolute Gasteiger partial charge is 0.396 e. The molecule has 0 aliphatic rings. The molecule has 0 fully saturated rings. The Kier molecular flexibility index (Phi) is 5.08. The molecule has 8 heteroatoms. The third-order valence-corrected chi connectivity index (χ3v) is 2.12. The second-order valence-electron chi connectivity index (χ2n) is 3.28. The first-order valence-corrected chi connectivity index (χ1v) is 5.22. The molecular formula is C9H15N5O3. The number of anilines is 2. The van der Waals surface area contributed by atoms with Crippen LogP contribution in [0.3, 0.4) is 0 Å². The van der Waals surface area contributed by atoms with Gasteiger partial charge in [-0.2, -0.15) is 0 Å². The molecule has 0 saturated carbocycles. The van der Waals surface area contributed by atoms with Crippen molar-refractivity contribution in [2.24, 2.45) is 0 Å². The summed E-state index contributed by atoms with van der Waals surface area (Å²) in [5, 5.41) is 25.0. The van der Waals surface area contributed by atoms with Crippen LogP contribution in [0.2, 0.25) is 0 Å². The highest BCUT2D eigenvalue weighted by Gasteiger charge is 2.21. The maximum Gasteiger partial charge on any atom is 0.353 e. The highest BCUT2D eigenvalue weighted by molar-refractivity contribution is 5.68. The Morgan fingerprint density at radius 3 is 2.71 bits per heavy atom. The molecule has 1 heterocycles. The number of unbranched alkanes of at least 4 members (excludes halogenated alkanes) is 1. The summed E-state index contributed by atoms with van der Waals surface area (Å²) in [5.74, 6) is 0.363. The Morgan fingerprint density at radius 1 is 1.41 bits per heavy atom. The molecular weight excluding hydrogens is 226 g/mol. The van der Waals surface area contributed by atoms with Gasteiger partial charge in [-0.3, -0.25) is 10.1 Å². The molecule has 0 bridgehead atoms. The van der Waals surface area contributed by atoms with Crippen LogP contribution in [0.25, 0.3) is 0 Å². The smallest absolute Gasteiger partial charge is 0.353 e. The van der Waals surface area contributed by atoms with E-state index in [4.69, 9.17) is 5.11 Å². The first-order valence-electron chi connectivity index (χ1n) is 5.22. The summed E-state index contributed by atoms with van der Waals surface area (Å²) in [6.45, 7) is 0.622. The van der Waals surface area contributed by atoms with Gasteiger partial charge >= 0.3 is 5.69 Å². The van der Waals surface area contributed by atoms with Crippen molar-refractivity contribution in [3.8, 4) is 0 Å². The summed E-state index contributed by atoms with van der Waals surface area (Å²) in [4.78, 5) is 18.0. The van der Waals surface area contributed by atoms with Gasteiger partial charge in [0.05, 0.1) is 4.92 Å². The number of aliphatic hydroxyl groups is 1. The fourth-order valence-corrected chi connectivity index (χ4v) is 1.31. The van der Waals surface area contributed by atoms with E-state index in [0.29, 0.717) is 19.4 Å². The van der Waals surface area contributed by atoms with Crippen molar-refractivity contribution in [3.05, 3.63) is 16.4 Å². The van der Waals surface area contributed by atoms with E-state index in [-0.39, 0.29) is 23.9 Å². The van der Waals surface area contributed by atoms with E-state index in [1.807, 2.05) is 0 Å². The minimum atomic E-state index is -0.528. The quantitative estimate of drug-likeness (QED) is 0.364. The van der Waals surface area contributed by atoms with Crippen molar-refractivity contribution >= 4 is 17.3 Å². The van der Waals surface area contributed by atoms with Crippen LogP contribution in [0.5, 0.6) is 0 Å². The van der Waals surface area contributed by atoms with E-state index in [2.05, 4.69) is 20.6 Å². The summed E-state index contributed by atoms with van der Waals surface area (Å²) in [6.07, 6.45) is 2.62. The number of nitro groups is 1. The van der Waals surface area contributed by atoms with Gasteiger partial charge in [0, 0.05) is 20.2 Å². The lowest BCUT2D eigenvalue weighted by atomic mass is 10.3. The summed E-state index contributed by atoms with van der Waals surface area (Å²) in [5.41, 5.74) is -0.168. The van der Waals surface area contributed by atoms with Crippen LogP contribution >= 0.6 is 0 Å². The van der Waals surface area contributed by atoms with Crippen LogP contribution < -0.4 is 10.6 Å². The van der Waals surface area contributed by atoms with E-state index >= 15 is 0 Å². The number of aliphatic hydroxyl groups excluding tert-OH is 1. The van der Waals surface area contributed by atoms with Crippen molar-refractivity contribution in [3.63, 3.8) is 0 Å². The monoisotopic (exact) mass is 241 g/mol.